The molecule has 1 aromatic rings. The van der Waals surface area contributed by atoms with Crippen molar-refractivity contribution in [3.63, 3.8) is 0 Å². The summed E-state index contributed by atoms with van der Waals surface area (Å²) in [6, 6.07) is 7.21. The van der Waals surface area contributed by atoms with Crippen molar-refractivity contribution in [2.75, 3.05) is 13.1 Å². The van der Waals surface area contributed by atoms with Crippen LogP contribution in [0.3, 0.4) is 0 Å². The standard InChI is InChI=1S/C15H22FN/c1-2-17-12-15(9-5-6-10-15)11-13-7-3-4-8-14(13)16/h3-4,7-8,17H,2,5-6,9-12H2,1H3. The van der Waals surface area contributed by atoms with Crippen molar-refractivity contribution in [2.45, 2.75) is 39.0 Å². The van der Waals surface area contributed by atoms with Gasteiger partial charge in [0.05, 0.1) is 0 Å². The van der Waals surface area contributed by atoms with E-state index in [1.165, 1.54) is 25.7 Å². The van der Waals surface area contributed by atoms with E-state index in [4.69, 9.17) is 0 Å². The van der Waals surface area contributed by atoms with Gasteiger partial charge in [-0.05, 0) is 42.9 Å². The predicted molar refractivity (Wildman–Crippen MR) is 69.5 cm³/mol. The largest absolute Gasteiger partial charge is 0.316 e. The second-order valence-corrected chi connectivity index (χ2v) is 5.26. The first-order chi connectivity index (χ1) is 8.26. The highest BCUT2D eigenvalue weighted by Gasteiger charge is 2.33. The minimum Gasteiger partial charge on any atom is -0.316 e. The number of hydrogen-bond acceptors (Lipinski definition) is 1. The molecule has 1 N–H and O–H groups in total. The SMILES string of the molecule is CCNCC1(Cc2ccccc2F)CCCC1. The summed E-state index contributed by atoms with van der Waals surface area (Å²) < 4.78 is 13.7. The average Bonchev–Trinajstić information content (AvgIpc) is 2.79. The second-order valence-electron chi connectivity index (χ2n) is 5.26. The number of rotatable bonds is 5. The third-order valence-electron chi connectivity index (χ3n) is 3.94. The lowest BCUT2D eigenvalue weighted by Gasteiger charge is -2.29. The van der Waals surface area contributed by atoms with Crippen LogP contribution in [-0.4, -0.2) is 13.1 Å². The van der Waals surface area contributed by atoms with Crippen molar-refractivity contribution in [3.8, 4) is 0 Å². The van der Waals surface area contributed by atoms with E-state index in [9.17, 15) is 4.39 Å². The number of nitrogens with one attached hydrogen (secondary N) is 1. The van der Waals surface area contributed by atoms with Crippen LogP contribution in [0.1, 0.15) is 38.2 Å². The molecule has 0 amide bonds. The zero-order valence-corrected chi connectivity index (χ0v) is 10.6. The summed E-state index contributed by atoms with van der Waals surface area (Å²) in [5.41, 5.74) is 1.17. The van der Waals surface area contributed by atoms with Crippen molar-refractivity contribution in [1.29, 1.82) is 0 Å². The van der Waals surface area contributed by atoms with E-state index in [0.717, 1.165) is 25.1 Å². The Balaban J connectivity index is 2.10. The smallest absolute Gasteiger partial charge is 0.126 e. The molecule has 0 aromatic heterocycles. The summed E-state index contributed by atoms with van der Waals surface area (Å²) in [5, 5.41) is 3.45. The van der Waals surface area contributed by atoms with Crippen molar-refractivity contribution in [2.24, 2.45) is 5.41 Å². The Kier molecular flexibility index (Phi) is 4.16. The Bertz CT molecular complexity index is 356. The van der Waals surface area contributed by atoms with Gasteiger partial charge in [0, 0.05) is 6.54 Å². The minimum atomic E-state index is -0.0460. The summed E-state index contributed by atoms with van der Waals surface area (Å²) in [6.07, 6.45) is 5.93. The average molecular weight is 235 g/mol. The fourth-order valence-electron chi connectivity index (χ4n) is 2.98. The zero-order valence-electron chi connectivity index (χ0n) is 10.6. The summed E-state index contributed by atoms with van der Waals surface area (Å²) in [4.78, 5) is 0. The monoisotopic (exact) mass is 235 g/mol. The van der Waals surface area contributed by atoms with Crippen LogP contribution in [0.2, 0.25) is 0 Å². The number of hydrogen-bond donors (Lipinski definition) is 1. The first kappa shape index (κ1) is 12.6. The molecule has 0 radical (unpaired) electrons. The highest BCUT2D eigenvalue weighted by molar-refractivity contribution is 5.19. The van der Waals surface area contributed by atoms with E-state index in [1.54, 1.807) is 12.1 Å². The van der Waals surface area contributed by atoms with Crippen LogP contribution in [0.25, 0.3) is 0 Å². The Hall–Kier alpha value is -0.890. The van der Waals surface area contributed by atoms with Gasteiger partial charge in [-0.25, -0.2) is 4.39 Å². The van der Waals surface area contributed by atoms with Gasteiger partial charge in [-0.2, -0.15) is 0 Å². The molecule has 0 saturated heterocycles. The number of benzene rings is 1. The fourth-order valence-corrected chi connectivity index (χ4v) is 2.98. The van der Waals surface area contributed by atoms with Gasteiger partial charge in [-0.1, -0.05) is 38.0 Å². The molecule has 1 nitrogen and oxygen atoms in total. The quantitative estimate of drug-likeness (QED) is 0.823. The summed E-state index contributed by atoms with van der Waals surface area (Å²) in [5.74, 6) is -0.0460. The van der Waals surface area contributed by atoms with Crippen molar-refractivity contribution < 1.29 is 4.39 Å². The van der Waals surface area contributed by atoms with Crippen LogP contribution in [0.15, 0.2) is 24.3 Å². The van der Waals surface area contributed by atoms with E-state index in [1.807, 2.05) is 12.1 Å². The highest BCUT2D eigenvalue weighted by atomic mass is 19.1. The van der Waals surface area contributed by atoms with Crippen molar-refractivity contribution in [1.82, 2.24) is 5.32 Å². The second kappa shape index (κ2) is 5.63. The van der Waals surface area contributed by atoms with Gasteiger partial charge in [0.25, 0.3) is 0 Å². The molecular formula is C15H22FN. The van der Waals surface area contributed by atoms with Crippen molar-refractivity contribution in [3.05, 3.63) is 35.6 Å². The summed E-state index contributed by atoms with van der Waals surface area (Å²) >= 11 is 0. The molecule has 17 heavy (non-hydrogen) atoms. The molecule has 1 saturated carbocycles. The molecule has 0 spiro atoms. The summed E-state index contributed by atoms with van der Waals surface area (Å²) in [7, 11) is 0. The molecule has 2 heteroatoms. The third-order valence-corrected chi connectivity index (χ3v) is 3.94. The van der Waals surface area contributed by atoms with E-state index < -0.39 is 0 Å². The van der Waals surface area contributed by atoms with Crippen molar-refractivity contribution >= 4 is 0 Å². The van der Waals surface area contributed by atoms with Crippen LogP contribution >= 0.6 is 0 Å². The number of halogens is 1. The van der Waals surface area contributed by atoms with Crippen LogP contribution in [0.4, 0.5) is 4.39 Å². The molecule has 1 aliphatic rings. The Morgan fingerprint density at radius 2 is 1.94 bits per heavy atom. The molecule has 0 aliphatic heterocycles. The molecule has 0 heterocycles. The zero-order chi connectivity index (χ0) is 12.1. The first-order valence-corrected chi connectivity index (χ1v) is 6.70. The molecular weight excluding hydrogens is 213 g/mol. The van der Waals surface area contributed by atoms with Gasteiger partial charge in [0.15, 0.2) is 0 Å². The van der Waals surface area contributed by atoms with E-state index >= 15 is 0 Å². The van der Waals surface area contributed by atoms with Gasteiger partial charge >= 0.3 is 0 Å². The Morgan fingerprint density at radius 3 is 2.59 bits per heavy atom. The lowest BCUT2D eigenvalue weighted by atomic mass is 9.80. The lowest BCUT2D eigenvalue weighted by Crippen LogP contribution is -2.34. The fraction of sp³-hybridized carbons (Fsp3) is 0.600. The molecule has 1 aromatic carbocycles. The van der Waals surface area contributed by atoms with Crippen LogP contribution < -0.4 is 5.32 Å². The molecule has 94 valence electrons. The minimum absolute atomic E-state index is 0.0460. The maximum Gasteiger partial charge on any atom is 0.126 e. The third kappa shape index (κ3) is 3.06. The molecule has 0 bridgehead atoms. The van der Waals surface area contributed by atoms with E-state index in [-0.39, 0.29) is 11.2 Å². The highest BCUT2D eigenvalue weighted by Crippen LogP contribution is 2.40. The van der Waals surface area contributed by atoms with Gasteiger partial charge in [-0.3, -0.25) is 0 Å². The molecule has 1 fully saturated rings. The van der Waals surface area contributed by atoms with E-state index in [0.29, 0.717) is 0 Å². The molecule has 0 atom stereocenters. The normalized spacial score (nSPS) is 18.5. The van der Waals surface area contributed by atoms with Gasteiger partial charge < -0.3 is 5.32 Å². The molecule has 0 unspecified atom stereocenters. The maximum absolute atomic E-state index is 13.7. The van der Waals surface area contributed by atoms with Gasteiger partial charge in [-0.15, -0.1) is 0 Å². The predicted octanol–water partition coefficient (Wildman–Crippen LogP) is 3.54. The lowest BCUT2D eigenvalue weighted by molar-refractivity contribution is 0.277. The topological polar surface area (TPSA) is 12.0 Å². The maximum atomic E-state index is 13.7. The Morgan fingerprint density at radius 1 is 1.24 bits per heavy atom. The first-order valence-electron chi connectivity index (χ1n) is 6.70. The van der Waals surface area contributed by atoms with Crippen LogP contribution in [-0.2, 0) is 6.42 Å². The van der Waals surface area contributed by atoms with Crippen LogP contribution in [0, 0.1) is 11.2 Å². The van der Waals surface area contributed by atoms with E-state index in [2.05, 4.69) is 12.2 Å². The van der Waals surface area contributed by atoms with Gasteiger partial charge in [0.2, 0.25) is 0 Å². The summed E-state index contributed by atoms with van der Waals surface area (Å²) in [6.45, 7) is 4.16. The Labute approximate surface area is 103 Å². The van der Waals surface area contributed by atoms with Crippen LogP contribution in [0.5, 0.6) is 0 Å². The van der Waals surface area contributed by atoms with Gasteiger partial charge in [0.1, 0.15) is 5.82 Å². The molecule has 2 rings (SSSR count). The molecule has 1 aliphatic carbocycles.